The molecule has 0 atom stereocenters. The van der Waals surface area contributed by atoms with Crippen molar-refractivity contribution in [2.75, 3.05) is 5.32 Å². The maximum Gasteiger partial charge on any atom is 0.267 e. The first kappa shape index (κ1) is 17.6. The summed E-state index contributed by atoms with van der Waals surface area (Å²) in [6, 6.07) is 16.5. The largest absolute Gasteiger partial charge is 0.361 e. The number of anilines is 1. The van der Waals surface area contributed by atoms with Gasteiger partial charge in [0.1, 0.15) is 0 Å². The van der Waals surface area contributed by atoms with Crippen molar-refractivity contribution >= 4 is 32.5 Å². The summed E-state index contributed by atoms with van der Waals surface area (Å²) in [4.78, 5) is 15.5. The fraction of sp³-hybridized carbons (Fsp3) is 0. The summed E-state index contributed by atoms with van der Waals surface area (Å²) >= 11 is 0. The van der Waals surface area contributed by atoms with Crippen molar-refractivity contribution in [1.29, 1.82) is 5.26 Å². The summed E-state index contributed by atoms with van der Waals surface area (Å²) < 4.78 is 26.7. The van der Waals surface area contributed by atoms with Crippen LogP contribution in [-0.4, -0.2) is 23.3 Å². The second-order valence-corrected chi connectivity index (χ2v) is 7.95. The zero-order chi connectivity index (χ0) is 19.7. The molecule has 0 radical (unpaired) electrons. The molecule has 138 valence electrons. The van der Waals surface area contributed by atoms with Gasteiger partial charge in [0, 0.05) is 29.8 Å². The zero-order valence-corrected chi connectivity index (χ0v) is 15.3. The zero-order valence-electron chi connectivity index (χ0n) is 14.5. The van der Waals surface area contributed by atoms with Crippen LogP contribution >= 0.6 is 0 Å². The number of hydrogen-bond acceptors (Lipinski definition) is 4. The van der Waals surface area contributed by atoms with Crippen molar-refractivity contribution in [3.63, 3.8) is 0 Å². The van der Waals surface area contributed by atoms with Crippen molar-refractivity contribution in [2.45, 2.75) is 4.90 Å². The number of amides is 1. The molecule has 2 heterocycles. The number of H-pyrrole nitrogens is 1. The molecular formula is C20H14N4O3S. The molecule has 4 rings (SSSR count). The predicted octanol–water partition coefficient (Wildman–Crippen LogP) is 3.33. The Labute approximate surface area is 160 Å². The molecule has 0 unspecified atom stereocenters. The highest BCUT2D eigenvalue weighted by atomic mass is 32.2. The third kappa shape index (κ3) is 3.15. The van der Waals surface area contributed by atoms with E-state index in [1.807, 2.05) is 12.1 Å². The van der Waals surface area contributed by atoms with E-state index in [0.29, 0.717) is 16.8 Å². The number of carbonyl (C=O) groups excluding carboxylic acids is 1. The smallest absolute Gasteiger partial charge is 0.267 e. The maximum atomic E-state index is 12.9. The van der Waals surface area contributed by atoms with Crippen molar-refractivity contribution < 1.29 is 13.2 Å². The van der Waals surface area contributed by atoms with E-state index in [0.717, 1.165) is 9.36 Å². The molecule has 0 fully saturated rings. The Morgan fingerprint density at radius 2 is 1.86 bits per heavy atom. The van der Waals surface area contributed by atoms with E-state index in [1.165, 1.54) is 24.5 Å². The van der Waals surface area contributed by atoms with Crippen LogP contribution in [0.4, 0.5) is 5.69 Å². The lowest BCUT2D eigenvalue weighted by Crippen LogP contribution is -2.13. The third-order valence-corrected chi connectivity index (χ3v) is 5.94. The number of carbonyl (C=O) groups is 1. The van der Waals surface area contributed by atoms with Crippen LogP contribution < -0.4 is 5.32 Å². The molecular weight excluding hydrogens is 376 g/mol. The van der Waals surface area contributed by atoms with E-state index in [4.69, 9.17) is 5.26 Å². The number of nitrogens with one attached hydrogen (secondary N) is 2. The van der Waals surface area contributed by atoms with Gasteiger partial charge in [0.25, 0.3) is 15.9 Å². The van der Waals surface area contributed by atoms with Crippen LogP contribution in [0.1, 0.15) is 15.9 Å². The van der Waals surface area contributed by atoms with Crippen LogP contribution in [0, 0.1) is 11.3 Å². The van der Waals surface area contributed by atoms with Crippen LogP contribution in [0.3, 0.4) is 0 Å². The normalized spacial score (nSPS) is 11.2. The number of aromatic amines is 1. The number of aromatic nitrogens is 2. The minimum absolute atomic E-state index is 0.122. The Morgan fingerprint density at radius 1 is 1.07 bits per heavy atom. The highest BCUT2D eigenvalue weighted by Crippen LogP contribution is 2.21. The summed E-state index contributed by atoms with van der Waals surface area (Å²) in [6.07, 6.45) is 4.34. The van der Waals surface area contributed by atoms with Crippen LogP contribution in [0.15, 0.2) is 78.1 Å². The molecule has 7 nitrogen and oxygen atoms in total. The molecule has 0 spiro atoms. The second-order valence-electron chi connectivity index (χ2n) is 6.11. The first-order chi connectivity index (χ1) is 13.5. The van der Waals surface area contributed by atoms with Gasteiger partial charge in [-0.3, -0.25) is 4.79 Å². The topological polar surface area (TPSA) is 108 Å². The average Bonchev–Trinajstić information content (AvgIpc) is 3.38. The molecule has 8 heteroatoms. The SMILES string of the molecule is N#Cc1ccc(NC(=O)c2ccn(S(=O)(=O)c3ccc4cc[nH]c4c3)c2)cc1. The lowest BCUT2D eigenvalue weighted by Gasteiger charge is -2.06. The van der Waals surface area contributed by atoms with Crippen molar-refractivity contribution in [1.82, 2.24) is 8.96 Å². The third-order valence-electron chi connectivity index (χ3n) is 4.30. The molecule has 0 saturated carbocycles. The van der Waals surface area contributed by atoms with Gasteiger partial charge in [-0.2, -0.15) is 5.26 Å². The van der Waals surface area contributed by atoms with Gasteiger partial charge in [-0.1, -0.05) is 6.07 Å². The molecule has 0 bridgehead atoms. The Kier molecular flexibility index (Phi) is 4.22. The van der Waals surface area contributed by atoms with E-state index in [1.54, 1.807) is 42.6 Å². The fourth-order valence-electron chi connectivity index (χ4n) is 2.80. The molecule has 2 aromatic carbocycles. The maximum absolute atomic E-state index is 12.9. The number of nitriles is 1. The van der Waals surface area contributed by atoms with Gasteiger partial charge in [-0.25, -0.2) is 12.4 Å². The van der Waals surface area contributed by atoms with Crippen LogP contribution in [0.25, 0.3) is 10.9 Å². The first-order valence-corrected chi connectivity index (χ1v) is 9.73. The van der Waals surface area contributed by atoms with Gasteiger partial charge in [-0.05, 0) is 53.9 Å². The molecule has 1 amide bonds. The second kappa shape index (κ2) is 6.72. The number of benzene rings is 2. The van der Waals surface area contributed by atoms with Gasteiger partial charge in [-0.15, -0.1) is 0 Å². The van der Waals surface area contributed by atoms with Crippen molar-refractivity contribution in [2.24, 2.45) is 0 Å². The van der Waals surface area contributed by atoms with Gasteiger partial charge in [0.15, 0.2) is 0 Å². The number of nitrogens with zero attached hydrogens (tertiary/aromatic N) is 2. The monoisotopic (exact) mass is 390 g/mol. The highest BCUT2D eigenvalue weighted by Gasteiger charge is 2.19. The van der Waals surface area contributed by atoms with Crippen molar-refractivity contribution in [3.8, 4) is 6.07 Å². The first-order valence-electron chi connectivity index (χ1n) is 8.29. The average molecular weight is 390 g/mol. The number of rotatable bonds is 4. The van der Waals surface area contributed by atoms with Crippen LogP contribution in [0.2, 0.25) is 0 Å². The van der Waals surface area contributed by atoms with E-state index < -0.39 is 15.9 Å². The Balaban J connectivity index is 1.58. The Bertz CT molecular complexity index is 1330. The molecule has 0 aliphatic rings. The van der Waals surface area contributed by atoms with Crippen LogP contribution in [-0.2, 0) is 10.0 Å². The molecule has 2 N–H and O–H groups in total. The highest BCUT2D eigenvalue weighted by molar-refractivity contribution is 7.90. The molecule has 0 aliphatic carbocycles. The van der Waals surface area contributed by atoms with Gasteiger partial charge >= 0.3 is 0 Å². The molecule has 4 aromatic rings. The van der Waals surface area contributed by atoms with Crippen LogP contribution in [0.5, 0.6) is 0 Å². The Hall–Kier alpha value is -3.83. The minimum Gasteiger partial charge on any atom is -0.361 e. The molecule has 2 aromatic heterocycles. The lowest BCUT2D eigenvalue weighted by molar-refractivity contribution is 0.102. The molecule has 0 saturated heterocycles. The standard InChI is InChI=1S/C20H14N4O3S/c21-12-14-1-4-17(5-2-14)23-20(25)16-8-10-24(13-16)28(26,27)18-6-3-15-7-9-22-19(15)11-18/h1-11,13,22H,(H,23,25). The van der Waals surface area contributed by atoms with Gasteiger partial charge in [0.05, 0.1) is 22.1 Å². The number of fused-ring (bicyclic) bond motifs is 1. The summed E-state index contributed by atoms with van der Waals surface area (Å²) in [5, 5.41) is 12.4. The van der Waals surface area contributed by atoms with E-state index in [9.17, 15) is 13.2 Å². The van der Waals surface area contributed by atoms with E-state index in [2.05, 4.69) is 10.3 Å². The predicted molar refractivity (Wildman–Crippen MR) is 104 cm³/mol. The summed E-state index contributed by atoms with van der Waals surface area (Å²) in [5.74, 6) is -0.446. The van der Waals surface area contributed by atoms with Gasteiger partial charge in [0.2, 0.25) is 0 Å². The van der Waals surface area contributed by atoms with E-state index in [-0.39, 0.29) is 10.5 Å². The summed E-state index contributed by atoms with van der Waals surface area (Å²) in [7, 11) is -3.82. The number of hydrogen-bond donors (Lipinski definition) is 2. The molecule has 28 heavy (non-hydrogen) atoms. The van der Waals surface area contributed by atoms with Gasteiger partial charge < -0.3 is 10.3 Å². The van der Waals surface area contributed by atoms with Crippen molar-refractivity contribution in [3.05, 3.63) is 84.3 Å². The lowest BCUT2D eigenvalue weighted by atomic mass is 10.2. The summed E-state index contributed by atoms with van der Waals surface area (Å²) in [6.45, 7) is 0. The minimum atomic E-state index is -3.82. The molecule has 0 aliphatic heterocycles. The fourth-order valence-corrected chi connectivity index (χ4v) is 4.02. The quantitative estimate of drug-likeness (QED) is 0.557. The van der Waals surface area contributed by atoms with E-state index >= 15 is 0 Å². The Morgan fingerprint density at radius 3 is 2.61 bits per heavy atom. The summed E-state index contributed by atoms with van der Waals surface area (Å²) in [5.41, 5.74) is 1.91.